The molecule has 0 spiro atoms. The third-order valence-electron chi connectivity index (χ3n) is 12.1. The Bertz CT molecular complexity index is 2140. The second-order valence-corrected chi connectivity index (χ2v) is 23.3. The molecule has 2 bridgehead atoms. The van der Waals surface area contributed by atoms with Crippen LogP contribution in [0.25, 0.3) is 32.9 Å². The topological polar surface area (TPSA) is 69.1 Å². The number of hydrogen-bond donors (Lipinski definition) is 0. The van der Waals surface area contributed by atoms with Crippen LogP contribution < -0.4 is 9.64 Å². The summed E-state index contributed by atoms with van der Waals surface area (Å²) in [5.41, 5.74) is 6.38. The first kappa shape index (κ1) is 39.1. The maximum atomic E-state index is 17.6. The molecule has 2 aromatic heterocycles. The van der Waals surface area contributed by atoms with Gasteiger partial charge in [0, 0.05) is 55.0 Å². The summed E-state index contributed by atoms with van der Waals surface area (Å²) < 4.78 is 52.7. The van der Waals surface area contributed by atoms with Crippen LogP contribution in [0.4, 0.5) is 19.3 Å². The Hall–Kier alpha value is -4.14. The fourth-order valence-corrected chi connectivity index (χ4v) is 14.7. The lowest BCUT2D eigenvalue weighted by molar-refractivity contribution is 0.0123. The summed E-state index contributed by atoms with van der Waals surface area (Å²) in [5, 5.41) is 1.92. The largest absolute Gasteiger partial charge is 0.468 e. The van der Waals surface area contributed by atoms with Crippen molar-refractivity contribution in [2.45, 2.75) is 128 Å². The zero-order valence-electron chi connectivity index (χ0n) is 34.1. The van der Waals surface area contributed by atoms with Gasteiger partial charge in [-0.2, -0.15) is 0 Å². The fraction of sp³-hybridized carbons (Fsp3) is 0.545. The summed E-state index contributed by atoms with van der Waals surface area (Å²) in [7, 11) is -0.700. The molecule has 2 aliphatic heterocycles. The molecule has 1 saturated carbocycles. The Kier molecular flexibility index (Phi) is 10.5. The van der Waals surface area contributed by atoms with Crippen LogP contribution in [-0.2, 0) is 9.47 Å². The number of benzene rings is 2. The number of nitrogens with zero attached hydrogens (tertiary/aromatic N) is 4. The molecule has 2 aromatic carbocycles. The predicted molar refractivity (Wildman–Crippen MR) is 218 cm³/mol. The molecule has 55 heavy (non-hydrogen) atoms. The number of rotatable bonds is 9. The molecule has 3 aliphatic rings. The number of ether oxygens (including phenoxy) is 3. The first-order valence-corrected chi connectivity index (χ1v) is 22.2. The van der Waals surface area contributed by atoms with Crippen molar-refractivity contribution in [3.05, 3.63) is 53.9 Å². The average molecular weight is 771 g/mol. The zero-order valence-corrected chi connectivity index (χ0v) is 35.1. The monoisotopic (exact) mass is 770 g/mol. The van der Waals surface area contributed by atoms with E-state index in [-0.39, 0.29) is 42.3 Å². The number of carbonyl (C=O) groups is 1. The van der Waals surface area contributed by atoms with Crippen molar-refractivity contribution in [1.82, 2.24) is 14.5 Å². The van der Waals surface area contributed by atoms with E-state index in [1.165, 1.54) is 6.07 Å². The summed E-state index contributed by atoms with van der Waals surface area (Å²) in [5.74, 6) is 2.92. The van der Waals surface area contributed by atoms with Crippen LogP contribution in [0.5, 0.6) is 5.75 Å². The number of piperazine rings is 1. The normalized spacial score (nSPS) is 18.9. The van der Waals surface area contributed by atoms with Crippen LogP contribution in [0.15, 0.2) is 36.7 Å². The third-order valence-corrected chi connectivity index (χ3v) is 18.4. The molecule has 2 atom stereocenters. The van der Waals surface area contributed by atoms with Gasteiger partial charge in [0.2, 0.25) is 0 Å². The Balaban J connectivity index is 1.38. The van der Waals surface area contributed by atoms with E-state index in [0.29, 0.717) is 57.3 Å². The molecular weight excluding hydrogens is 715 g/mol. The number of aromatic nitrogens is 2. The van der Waals surface area contributed by atoms with Crippen molar-refractivity contribution in [3.8, 4) is 28.5 Å². The minimum Gasteiger partial charge on any atom is -0.468 e. The van der Waals surface area contributed by atoms with Gasteiger partial charge in [-0.25, -0.2) is 13.6 Å². The molecule has 1 aliphatic carbocycles. The fourth-order valence-electron chi connectivity index (χ4n) is 9.51. The lowest BCUT2D eigenvalue weighted by atomic mass is 9.95. The van der Waals surface area contributed by atoms with Gasteiger partial charge in [-0.15, -0.1) is 5.54 Å². The molecule has 0 radical (unpaired) electrons. The van der Waals surface area contributed by atoms with Crippen LogP contribution in [0.2, 0.25) is 16.6 Å². The summed E-state index contributed by atoms with van der Waals surface area (Å²) in [4.78, 5) is 22.3. The van der Waals surface area contributed by atoms with Gasteiger partial charge in [0.1, 0.15) is 30.9 Å². The summed E-state index contributed by atoms with van der Waals surface area (Å²) in [6.45, 7) is 20.3. The zero-order chi connectivity index (χ0) is 39.6. The van der Waals surface area contributed by atoms with E-state index in [1.807, 2.05) is 31.7 Å². The van der Waals surface area contributed by atoms with Crippen LogP contribution in [0.3, 0.4) is 0 Å². The summed E-state index contributed by atoms with van der Waals surface area (Å²) in [6.07, 6.45) is 7.26. The van der Waals surface area contributed by atoms with Gasteiger partial charge in [0.25, 0.3) is 0 Å². The van der Waals surface area contributed by atoms with Crippen molar-refractivity contribution in [2.24, 2.45) is 0 Å². The third kappa shape index (κ3) is 7.10. The van der Waals surface area contributed by atoms with Gasteiger partial charge in [-0.05, 0) is 86.7 Å². The van der Waals surface area contributed by atoms with E-state index in [9.17, 15) is 4.79 Å². The van der Waals surface area contributed by atoms with Crippen molar-refractivity contribution >= 4 is 41.5 Å². The first-order chi connectivity index (χ1) is 26.0. The average Bonchev–Trinajstić information content (AvgIpc) is 3.82. The number of carbonyl (C=O) groups excluding carboxylic acids is 1. The van der Waals surface area contributed by atoms with Gasteiger partial charge in [-0.1, -0.05) is 53.5 Å². The smallest absolute Gasteiger partial charge is 0.410 e. The number of halogens is 2. The molecule has 3 fully saturated rings. The quantitative estimate of drug-likeness (QED) is 0.0959. The Morgan fingerprint density at radius 2 is 1.60 bits per heavy atom. The Morgan fingerprint density at radius 3 is 2.18 bits per heavy atom. The molecule has 11 heteroatoms. The van der Waals surface area contributed by atoms with Gasteiger partial charge in [0.15, 0.2) is 12.6 Å². The number of fused-ring (bicyclic) bond motifs is 4. The lowest BCUT2D eigenvalue weighted by Crippen LogP contribution is -2.56. The highest BCUT2D eigenvalue weighted by Crippen LogP contribution is 2.46. The molecule has 2 unspecified atom stereocenters. The molecule has 8 nitrogen and oxygen atoms in total. The summed E-state index contributed by atoms with van der Waals surface area (Å²) in [6, 6.07) is 6.88. The SMILES string of the molecule is COCOc1cc(-c2ncc3c(N4CC5CCC(C4)N5C(=O)OC(C)(C)C)cn(C4CC4)c3c2F)c2c(C#C[Si](C(C)C)(C(C)C)C(C)C)c(F)ccc2c1. The molecule has 294 valence electrons. The second-order valence-electron chi connectivity index (χ2n) is 17.7. The van der Waals surface area contributed by atoms with Gasteiger partial charge >= 0.3 is 6.09 Å². The van der Waals surface area contributed by atoms with Crippen molar-refractivity contribution in [2.75, 3.05) is 31.9 Å². The molecule has 4 heterocycles. The molecule has 7 rings (SSSR count). The van der Waals surface area contributed by atoms with Crippen LogP contribution in [0.1, 0.15) is 99.6 Å². The first-order valence-electron chi connectivity index (χ1n) is 19.9. The highest BCUT2D eigenvalue weighted by Gasteiger charge is 2.45. The van der Waals surface area contributed by atoms with E-state index >= 15 is 8.78 Å². The van der Waals surface area contributed by atoms with Crippen molar-refractivity contribution in [1.29, 1.82) is 0 Å². The van der Waals surface area contributed by atoms with Crippen LogP contribution in [0, 0.1) is 23.1 Å². The maximum absolute atomic E-state index is 17.6. The lowest BCUT2D eigenvalue weighted by Gasteiger charge is -2.42. The Morgan fingerprint density at radius 1 is 0.964 bits per heavy atom. The second kappa shape index (κ2) is 14.7. The van der Waals surface area contributed by atoms with E-state index in [1.54, 1.807) is 25.4 Å². The number of anilines is 1. The van der Waals surface area contributed by atoms with Gasteiger partial charge in [0.05, 0.1) is 28.9 Å². The van der Waals surface area contributed by atoms with E-state index < -0.39 is 25.3 Å². The number of amides is 1. The molecule has 0 N–H and O–H groups in total. The number of pyridine rings is 1. The van der Waals surface area contributed by atoms with E-state index in [2.05, 4.69) is 68.7 Å². The maximum Gasteiger partial charge on any atom is 0.410 e. The molecule has 2 saturated heterocycles. The van der Waals surface area contributed by atoms with Crippen LogP contribution in [-0.4, -0.2) is 73.3 Å². The van der Waals surface area contributed by atoms with E-state index in [4.69, 9.17) is 19.2 Å². The van der Waals surface area contributed by atoms with E-state index in [0.717, 1.165) is 36.8 Å². The van der Waals surface area contributed by atoms with Crippen LogP contribution >= 0.6 is 0 Å². The van der Waals surface area contributed by atoms with Crippen molar-refractivity contribution in [3.63, 3.8) is 0 Å². The predicted octanol–water partition coefficient (Wildman–Crippen LogP) is 10.6. The highest BCUT2D eigenvalue weighted by atomic mass is 28.3. The highest BCUT2D eigenvalue weighted by molar-refractivity contribution is 6.90. The molecular formula is C44H56F2N4O4Si. The minimum absolute atomic E-state index is 0.00386. The van der Waals surface area contributed by atoms with Gasteiger partial charge in [-0.3, -0.25) is 9.88 Å². The summed E-state index contributed by atoms with van der Waals surface area (Å²) >= 11 is 0. The van der Waals surface area contributed by atoms with Crippen molar-refractivity contribution < 1.29 is 27.8 Å². The number of methoxy groups -OCH3 is 1. The number of hydrogen-bond acceptors (Lipinski definition) is 6. The minimum atomic E-state index is -2.24. The standard InChI is InChI=1S/C44H56F2N4O4Si/c1-26(2)55(27(3)4,28(5)6)18-17-34-37(45)16-11-29-19-33(53-25-52-10)20-35(39(29)34)41-40(46)42-36(21-47-41)38(24-49(42)30-12-13-30)48-22-31-14-15-32(23-48)50(31)43(51)54-44(7,8)9/h11,16,19-21,24,26-28,30-32H,12-15,22-23,25H2,1-10H3. The molecule has 4 aromatic rings. The van der Waals surface area contributed by atoms with Gasteiger partial charge < -0.3 is 23.7 Å². The molecule has 1 amide bonds. The Labute approximate surface area is 325 Å².